The topological polar surface area (TPSA) is 76.5 Å². The molecule has 0 saturated heterocycles. The molecule has 2 aromatic heterocycles. The largest absolute Gasteiger partial charge is 0.484 e. The van der Waals surface area contributed by atoms with Crippen molar-refractivity contribution in [2.24, 2.45) is 0 Å². The molecule has 1 unspecified atom stereocenters. The lowest BCUT2D eigenvalue weighted by molar-refractivity contribution is -0.141. The molecule has 0 spiro atoms. The van der Waals surface area contributed by atoms with E-state index in [2.05, 4.69) is 10.3 Å². The van der Waals surface area contributed by atoms with Gasteiger partial charge in [-0.2, -0.15) is 13.2 Å². The van der Waals surface area contributed by atoms with Gasteiger partial charge in [-0.25, -0.2) is 9.18 Å². The molecule has 1 atom stereocenters. The Morgan fingerprint density at radius 3 is 2.74 bits per heavy atom. The Morgan fingerprint density at radius 1 is 1.20 bits per heavy atom. The number of carbonyl (C=O) groups is 1. The van der Waals surface area contributed by atoms with Gasteiger partial charge in [-0.3, -0.25) is 14.7 Å². The molecule has 0 saturated carbocycles. The first-order chi connectivity index (χ1) is 16.6. The van der Waals surface area contributed by atoms with E-state index >= 15 is 0 Å². The van der Waals surface area contributed by atoms with E-state index in [-0.39, 0.29) is 17.9 Å². The van der Waals surface area contributed by atoms with Crippen molar-refractivity contribution in [2.75, 3.05) is 10.2 Å². The number of pyridine rings is 2. The number of aromatic nitrogens is 2. The van der Waals surface area contributed by atoms with Gasteiger partial charge in [0.05, 0.1) is 17.9 Å². The number of nitrogens with zero attached hydrogens (tertiary/aromatic N) is 3. The van der Waals surface area contributed by atoms with Crippen molar-refractivity contribution in [1.29, 1.82) is 0 Å². The van der Waals surface area contributed by atoms with Gasteiger partial charge in [-0.15, -0.1) is 0 Å². The lowest BCUT2D eigenvalue weighted by Crippen LogP contribution is -2.41. The van der Waals surface area contributed by atoms with Crippen LogP contribution in [0.4, 0.5) is 33.7 Å². The fourth-order valence-corrected chi connectivity index (χ4v) is 4.46. The highest BCUT2D eigenvalue weighted by molar-refractivity contribution is 6.04. The number of aryl methyl sites for hydroxylation is 2. The number of alkyl halides is 3. The molecule has 1 N–H and O–H groups in total. The summed E-state index contributed by atoms with van der Waals surface area (Å²) in [6, 6.07) is 6.83. The maximum absolute atomic E-state index is 14.2. The van der Waals surface area contributed by atoms with Gasteiger partial charge >= 0.3 is 12.2 Å². The zero-order valence-corrected chi connectivity index (χ0v) is 18.5. The number of rotatable bonds is 3. The number of hydrogen-bond acceptors (Lipinski definition) is 4. The van der Waals surface area contributed by atoms with Crippen LogP contribution in [0, 0.1) is 12.7 Å². The Labute approximate surface area is 197 Å². The predicted octanol–water partition coefficient (Wildman–Crippen LogP) is 4.87. The van der Waals surface area contributed by atoms with Crippen LogP contribution in [0.25, 0.3) is 0 Å². The van der Waals surface area contributed by atoms with Crippen molar-refractivity contribution >= 4 is 17.4 Å². The van der Waals surface area contributed by atoms with Gasteiger partial charge in [0.15, 0.2) is 0 Å². The number of amides is 2. The third-order valence-corrected chi connectivity index (χ3v) is 6.08. The summed E-state index contributed by atoms with van der Waals surface area (Å²) in [7, 11) is 0. The van der Waals surface area contributed by atoms with Gasteiger partial charge < -0.3 is 14.6 Å². The van der Waals surface area contributed by atoms with Gasteiger partial charge in [0, 0.05) is 30.1 Å². The number of urea groups is 1. The van der Waals surface area contributed by atoms with Gasteiger partial charge in [0.1, 0.15) is 29.9 Å². The SMILES string of the molecule is Cc1cc2c(cc1N1Cc3cn(CC(F)(F)F)c(=O)cc3NC1=O)OC(c1ncccc1F)CC2. The van der Waals surface area contributed by atoms with Gasteiger partial charge in [-0.05, 0) is 43.0 Å². The van der Waals surface area contributed by atoms with Gasteiger partial charge in [0.25, 0.3) is 5.56 Å². The van der Waals surface area contributed by atoms with E-state index < -0.39 is 36.2 Å². The molecule has 0 aliphatic carbocycles. The van der Waals surface area contributed by atoms with Crippen LogP contribution in [0.15, 0.2) is 47.5 Å². The number of carbonyl (C=O) groups excluding carboxylic acids is 1. The highest BCUT2D eigenvalue weighted by Gasteiger charge is 2.32. The molecule has 2 aliphatic rings. The van der Waals surface area contributed by atoms with E-state index in [1.165, 1.54) is 23.2 Å². The Morgan fingerprint density at radius 2 is 2.00 bits per heavy atom. The first kappa shape index (κ1) is 22.9. The Balaban J connectivity index is 1.47. The second-order valence-electron chi connectivity index (χ2n) is 8.57. The van der Waals surface area contributed by atoms with E-state index in [1.807, 2.05) is 13.0 Å². The van der Waals surface area contributed by atoms with Crippen molar-refractivity contribution in [1.82, 2.24) is 9.55 Å². The molecule has 11 heteroatoms. The number of benzene rings is 1. The van der Waals surface area contributed by atoms with Crippen LogP contribution in [0.3, 0.4) is 0 Å². The van der Waals surface area contributed by atoms with Crippen molar-refractivity contribution < 1.29 is 27.1 Å². The number of halogens is 4. The van der Waals surface area contributed by atoms with Crippen molar-refractivity contribution in [3.05, 3.63) is 81.3 Å². The first-order valence-corrected chi connectivity index (χ1v) is 10.9. The van der Waals surface area contributed by atoms with Gasteiger partial charge in [0.2, 0.25) is 0 Å². The monoisotopic (exact) mass is 488 g/mol. The quantitative estimate of drug-likeness (QED) is 0.534. The minimum atomic E-state index is -4.56. The van der Waals surface area contributed by atoms with Crippen LogP contribution < -0.4 is 20.5 Å². The van der Waals surface area contributed by atoms with Crippen LogP contribution in [-0.4, -0.2) is 21.8 Å². The summed E-state index contributed by atoms with van der Waals surface area (Å²) in [5, 5.41) is 2.58. The number of hydrogen-bond donors (Lipinski definition) is 1. The standard InChI is InChI=1S/C24H20F4N4O3/c1-13-7-14-4-5-19(22-16(25)3-2-6-29-22)35-20(14)9-18(13)32-11-15-10-31(12-24(26,27)28)21(33)8-17(15)30-23(32)34/h2-3,6-10,19H,4-5,11-12H2,1H3,(H,30,34). The van der Waals surface area contributed by atoms with Crippen molar-refractivity contribution in [3.8, 4) is 5.75 Å². The molecule has 7 nitrogen and oxygen atoms in total. The Bertz CT molecular complexity index is 1390. The molecule has 35 heavy (non-hydrogen) atoms. The molecule has 3 aromatic rings. The summed E-state index contributed by atoms with van der Waals surface area (Å²) in [6.45, 7) is 0.342. The smallest absolute Gasteiger partial charge is 0.406 e. The van der Waals surface area contributed by atoms with Crippen molar-refractivity contribution in [2.45, 2.75) is 45.1 Å². The number of nitrogens with one attached hydrogen (secondary N) is 1. The fraction of sp³-hybridized carbons (Fsp3) is 0.292. The molecule has 2 aliphatic heterocycles. The first-order valence-electron chi connectivity index (χ1n) is 10.9. The van der Waals surface area contributed by atoms with Crippen LogP contribution in [-0.2, 0) is 19.5 Å². The highest BCUT2D eigenvalue weighted by Crippen LogP contribution is 2.40. The summed E-state index contributed by atoms with van der Waals surface area (Å²) < 4.78 is 59.5. The number of fused-ring (bicyclic) bond motifs is 2. The zero-order valence-electron chi connectivity index (χ0n) is 18.5. The summed E-state index contributed by atoms with van der Waals surface area (Å²) in [6.07, 6.45) is -1.39. The van der Waals surface area contributed by atoms with E-state index in [9.17, 15) is 27.2 Å². The normalized spacial score (nSPS) is 17.3. The van der Waals surface area contributed by atoms with E-state index in [0.29, 0.717) is 34.4 Å². The van der Waals surface area contributed by atoms with Gasteiger partial charge in [-0.1, -0.05) is 6.07 Å². The number of anilines is 2. The van der Waals surface area contributed by atoms with Crippen LogP contribution in [0.2, 0.25) is 0 Å². The lowest BCUT2D eigenvalue weighted by Gasteiger charge is -2.33. The summed E-state index contributed by atoms with van der Waals surface area (Å²) in [4.78, 5) is 30.4. The predicted molar refractivity (Wildman–Crippen MR) is 119 cm³/mol. The third-order valence-electron chi connectivity index (χ3n) is 6.08. The van der Waals surface area contributed by atoms with Crippen LogP contribution in [0.5, 0.6) is 5.75 Å². The minimum absolute atomic E-state index is 0.0444. The van der Waals surface area contributed by atoms with Crippen LogP contribution >= 0.6 is 0 Å². The van der Waals surface area contributed by atoms with E-state index in [4.69, 9.17) is 4.74 Å². The highest BCUT2D eigenvalue weighted by atomic mass is 19.4. The molecular weight excluding hydrogens is 468 g/mol. The van der Waals surface area contributed by atoms with Crippen LogP contribution in [0.1, 0.15) is 34.9 Å². The molecule has 2 amide bonds. The second kappa shape index (κ2) is 8.40. The lowest BCUT2D eigenvalue weighted by atomic mass is 9.97. The molecule has 0 radical (unpaired) electrons. The second-order valence-corrected chi connectivity index (χ2v) is 8.57. The summed E-state index contributed by atoms with van der Waals surface area (Å²) in [5.74, 6) is 0.0118. The minimum Gasteiger partial charge on any atom is -0.484 e. The maximum Gasteiger partial charge on any atom is 0.406 e. The molecule has 1 aromatic carbocycles. The molecule has 4 heterocycles. The molecular formula is C24H20F4N4O3. The molecule has 182 valence electrons. The summed E-state index contributed by atoms with van der Waals surface area (Å²) >= 11 is 0. The third kappa shape index (κ3) is 4.45. The Kier molecular flexibility index (Phi) is 5.49. The maximum atomic E-state index is 14.2. The Hall–Kier alpha value is -3.89. The van der Waals surface area contributed by atoms with Crippen molar-refractivity contribution in [3.63, 3.8) is 0 Å². The molecule has 0 bridgehead atoms. The average molecular weight is 488 g/mol. The zero-order chi connectivity index (χ0) is 24.9. The molecule has 0 fully saturated rings. The number of ether oxygens (including phenoxy) is 1. The average Bonchev–Trinajstić information content (AvgIpc) is 2.78. The van der Waals surface area contributed by atoms with E-state index in [1.54, 1.807) is 6.07 Å². The summed E-state index contributed by atoms with van der Waals surface area (Å²) in [5.41, 5.74) is 2.02. The molecule has 5 rings (SSSR count). The van der Waals surface area contributed by atoms with E-state index in [0.717, 1.165) is 23.4 Å². The fourth-order valence-electron chi connectivity index (χ4n) is 4.46.